The van der Waals surface area contributed by atoms with Gasteiger partial charge in [-0.1, -0.05) is 0 Å². The van der Waals surface area contributed by atoms with E-state index in [4.69, 9.17) is 9.57 Å². The fourth-order valence-corrected chi connectivity index (χ4v) is 1.07. The van der Waals surface area contributed by atoms with Crippen LogP contribution >= 0.6 is 0 Å². The largest absolute Gasteiger partial charge is 0.442 e. The third kappa shape index (κ3) is 3.51. The van der Waals surface area contributed by atoms with Crippen LogP contribution in [0.2, 0.25) is 0 Å². The van der Waals surface area contributed by atoms with E-state index < -0.39 is 17.8 Å². The smallest absolute Gasteiger partial charge is 0.434 e. The molecule has 1 heterocycles. The molecule has 5 heteroatoms. The van der Waals surface area contributed by atoms with Crippen LogP contribution in [0.5, 0.6) is 0 Å². The molecule has 1 saturated heterocycles. The maximum absolute atomic E-state index is 11.4. The predicted octanol–water partition coefficient (Wildman–Crippen LogP) is 0.920. The molecule has 0 spiro atoms. The summed E-state index contributed by atoms with van der Waals surface area (Å²) < 4.78 is 5.08. The van der Waals surface area contributed by atoms with Gasteiger partial charge in [0.2, 0.25) is 0 Å². The van der Waals surface area contributed by atoms with Crippen molar-refractivity contribution in [2.45, 2.75) is 38.9 Å². The molecule has 1 rings (SSSR count). The maximum Gasteiger partial charge on any atom is 0.434 e. The Morgan fingerprint density at radius 3 is 2.71 bits per heavy atom. The summed E-state index contributed by atoms with van der Waals surface area (Å²) in [5.74, 6) is 0. The Labute approximate surface area is 83.5 Å². The molecule has 1 unspecified atom stereocenters. The zero-order valence-electron chi connectivity index (χ0n) is 8.82. The lowest BCUT2D eigenvalue weighted by atomic mass is 10.2. The van der Waals surface area contributed by atoms with E-state index in [-0.39, 0.29) is 6.54 Å². The van der Waals surface area contributed by atoms with Crippen molar-refractivity contribution in [3.63, 3.8) is 0 Å². The van der Waals surface area contributed by atoms with Gasteiger partial charge in [0.05, 0.1) is 19.3 Å². The summed E-state index contributed by atoms with van der Waals surface area (Å²) in [7, 11) is 0. The Morgan fingerprint density at radius 1 is 1.57 bits per heavy atom. The van der Waals surface area contributed by atoms with E-state index in [2.05, 4.69) is 0 Å². The van der Waals surface area contributed by atoms with Crippen LogP contribution in [0.1, 0.15) is 27.2 Å². The van der Waals surface area contributed by atoms with Crippen molar-refractivity contribution in [2.24, 2.45) is 0 Å². The molecular weight excluding hydrogens is 186 g/mol. The van der Waals surface area contributed by atoms with E-state index in [1.165, 1.54) is 0 Å². The number of hydrogen-bond acceptors (Lipinski definition) is 4. The fraction of sp³-hybridized carbons (Fsp3) is 0.889. The van der Waals surface area contributed by atoms with Crippen molar-refractivity contribution in [2.75, 3.05) is 13.2 Å². The van der Waals surface area contributed by atoms with Gasteiger partial charge in [-0.2, -0.15) is 5.06 Å². The van der Waals surface area contributed by atoms with E-state index >= 15 is 0 Å². The molecule has 1 N–H and O–H groups in total. The molecule has 0 aromatic rings. The molecule has 0 aliphatic carbocycles. The molecule has 14 heavy (non-hydrogen) atoms. The van der Waals surface area contributed by atoms with Gasteiger partial charge in [-0.25, -0.2) is 4.79 Å². The van der Waals surface area contributed by atoms with Crippen molar-refractivity contribution in [3.8, 4) is 0 Å². The molecular formula is C9H17NO4. The summed E-state index contributed by atoms with van der Waals surface area (Å²) in [4.78, 5) is 16.5. The molecule has 1 aliphatic heterocycles. The molecule has 82 valence electrons. The molecule has 1 aliphatic rings. The Hall–Kier alpha value is -0.810. The van der Waals surface area contributed by atoms with Gasteiger partial charge in [-0.05, 0) is 20.8 Å². The number of aliphatic hydroxyl groups is 1. The summed E-state index contributed by atoms with van der Waals surface area (Å²) in [6, 6.07) is 0. The number of ether oxygens (including phenoxy) is 1. The highest BCUT2D eigenvalue weighted by Crippen LogP contribution is 2.13. The minimum atomic E-state index is -0.545. The number of hydroxylamine groups is 2. The SMILES string of the molecule is CC(C)(C)OC(=O)N1CC(O)CCO1. The van der Waals surface area contributed by atoms with E-state index in [9.17, 15) is 9.90 Å². The van der Waals surface area contributed by atoms with E-state index in [1.807, 2.05) is 0 Å². The molecule has 0 bridgehead atoms. The number of nitrogens with zero attached hydrogens (tertiary/aromatic N) is 1. The van der Waals surface area contributed by atoms with Crippen LogP contribution in [0.4, 0.5) is 4.79 Å². The average molecular weight is 203 g/mol. The van der Waals surface area contributed by atoms with Crippen LogP contribution in [0.15, 0.2) is 0 Å². The number of rotatable bonds is 0. The number of carbonyl (C=O) groups excluding carboxylic acids is 1. The first-order valence-corrected chi connectivity index (χ1v) is 4.70. The average Bonchev–Trinajstić information content (AvgIpc) is 2.01. The van der Waals surface area contributed by atoms with Crippen LogP contribution in [0, 0.1) is 0 Å². The molecule has 5 nitrogen and oxygen atoms in total. The van der Waals surface area contributed by atoms with Gasteiger partial charge in [0.1, 0.15) is 5.60 Å². The van der Waals surface area contributed by atoms with Gasteiger partial charge in [0.25, 0.3) is 0 Å². The zero-order valence-corrected chi connectivity index (χ0v) is 8.82. The van der Waals surface area contributed by atoms with Gasteiger partial charge >= 0.3 is 6.09 Å². The minimum absolute atomic E-state index is 0.176. The normalized spacial score (nSPS) is 23.4. The van der Waals surface area contributed by atoms with Crippen molar-refractivity contribution < 1.29 is 19.5 Å². The second-order valence-corrected chi connectivity index (χ2v) is 4.32. The maximum atomic E-state index is 11.4. The van der Waals surface area contributed by atoms with Gasteiger partial charge in [-0.3, -0.25) is 4.84 Å². The topological polar surface area (TPSA) is 59.0 Å². The van der Waals surface area contributed by atoms with Gasteiger partial charge in [0.15, 0.2) is 0 Å². The number of carbonyl (C=O) groups is 1. The highest BCUT2D eigenvalue weighted by molar-refractivity contribution is 5.66. The van der Waals surface area contributed by atoms with Crippen LogP contribution in [0.3, 0.4) is 0 Å². The molecule has 0 aromatic heterocycles. The predicted molar refractivity (Wildman–Crippen MR) is 49.5 cm³/mol. The third-order valence-electron chi connectivity index (χ3n) is 1.67. The highest BCUT2D eigenvalue weighted by Gasteiger charge is 2.27. The second-order valence-electron chi connectivity index (χ2n) is 4.32. The monoisotopic (exact) mass is 203 g/mol. The van der Waals surface area contributed by atoms with Gasteiger partial charge < -0.3 is 9.84 Å². The zero-order chi connectivity index (χ0) is 10.8. The summed E-state index contributed by atoms with van der Waals surface area (Å²) >= 11 is 0. The van der Waals surface area contributed by atoms with Crippen molar-refractivity contribution in [1.82, 2.24) is 5.06 Å². The summed E-state index contributed by atoms with van der Waals surface area (Å²) in [6.07, 6.45) is -0.508. The van der Waals surface area contributed by atoms with Crippen molar-refractivity contribution >= 4 is 6.09 Å². The molecule has 0 aromatic carbocycles. The number of hydrogen-bond donors (Lipinski definition) is 1. The van der Waals surface area contributed by atoms with Gasteiger partial charge in [0, 0.05) is 6.42 Å². The van der Waals surface area contributed by atoms with E-state index in [1.54, 1.807) is 20.8 Å². The first kappa shape index (κ1) is 11.3. The first-order valence-electron chi connectivity index (χ1n) is 4.70. The van der Waals surface area contributed by atoms with Crippen molar-refractivity contribution in [3.05, 3.63) is 0 Å². The van der Waals surface area contributed by atoms with Crippen molar-refractivity contribution in [1.29, 1.82) is 0 Å². The molecule has 0 saturated carbocycles. The summed E-state index contributed by atoms with van der Waals surface area (Å²) in [5.41, 5.74) is -0.539. The fourth-order valence-electron chi connectivity index (χ4n) is 1.07. The summed E-state index contributed by atoms with van der Waals surface area (Å²) in [6.45, 7) is 5.87. The Kier molecular flexibility index (Phi) is 3.34. The third-order valence-corrected chi connectivity index (χ3v) is 1.67. The lowest BCUT2D eigenvalue weighted by molar-refractivity contribution is -0.189. The van der Waals surface area contributed by atoms with E-state index in [0.717, 1.165) is 5.06 Å². The quantitative estimate of drug-likeness (QED) is 0.636. The van der Waals surface area contributed by atoms with Crippen LogP contribution in [0.25, 0.3) is 0 Å². The second kappa shape index (κ2) is 4.14. The Morgan fingerprint density at radius 2 is 2.21 bits per heavy atom. The first-order chi connectivity index (χ1) is 6.38. The molecule has 1 atom stereocenters. The molecule has 1 fully saturated rings. The van der Waals surface area contributed by atoms with E-state index in [0.29, 0.717) is 13.0 Å². The molecule has 1 amide bonds. The number of β-amino-alcohol motifs (C(OH)–C–C–N with tert-alkyl or cyclic N) is 1. The Balaban J connectivity index is 2.44. The lowest BCUT2D eigenvalue weighted by Gasteiger charge is -2.31. The Bertz CT molecular complexity index is 211. The minimum Gasteiger partial charge on any atom is -0.442 e. The lowest BCUT2D eigenvalue weighted by Crippen LogP contribution is -2.44. The molecule has 0 radical (unpaired) electrons. The standard InChI is InChI=1S/C9H17NO4/c1-9(2,3)14-8(12)10-6-7(11)4-5-13-10/h7,11H,4-6H2,1-3H3. The summed E-state index contributed by atoms with van der Waals surface area (Å²) in [5, 5.41) is 10.4. The number of aliphatic hydroxyl groups excluding tert-OH is 1. The van der Waals surface area contributed by atoms with Gasteiger partial charge in [-0.15, -0.1) is 0 Å². The van der Waals surface area contributed by atoms with Crippen LogP contribution in [-0.2, 0) is 9.57 Å². The van der Waals surface area contributed by atoms with Crippen LogP contribution in [-0.4, -0.2) is 41.1 Å². The highest BCUT2D eigenvalue weighted by atomic mass is 16.7. The number of amides is 1. The van der Waals surface area contributed by atoms with Crippen LogP contribution < -0.4 is 0 Å².